The van der Waals surface area contributed by atoms with E-state index in [4.69, 9.17) is 0 Å². The van der Waals surface area contributed by atoms with Gasteiger partial charge in [-0.15, -0.1) is 0 Å². The SMILES string of the molecule is Cc1ccc(C(=O)c2ccc(C(=O)c3ccc(C)cc3O)cc2)c(O)c1. The molecule has 0 aromatic heterocycles. The minimum atomic E-state index is -0.320. The van der Waals surface area contributed by atoms with Gasteiger partial charge in [0.15, 0.2) is 11.6 Å². The molecule has 0 spiro atoms. The first-order valence-electron chi connectivity index (χ1n) is 8.15. The third-order valence-electron chi connectivity index (χ3n) is 4.20. The number of carbonyl (C=O) groups excluding carboxylic acids is 2. The molecule has 0 saturated carbocycles. The summed E-state index contributed by atoms with van der Waals surface area (Å²) in [5.41, 5.74) is 2.88. The summed E-state index contributed by atoms with van der Waals surface area (Å²) in [6.45, 7) is 3.66. The minimum Gasteiger partial charge on any atom is -0.507 e. The van der Waals surface area contributed by atoms with Gasteiger partial charge in [0, 0.05) is 11.1 Å². The summed E-state index contributed by atoms with van der Waals surface area (Å²) in [6, 6.07) is 15.9. The molecule has 0 fully saturated rings. The lowest BCUT2D eigenvalue weighted by molar-refractivity contribution is 0.102. The fourth-order valence-corrected chi connectivity index (χ4v) is 2.75. The summed E-state index contributed by atoms with van der Waals surface area (Å²) in [6.07, 6.45) is 0. The summed E-state index contributed by atoms with van der Waals surface area (Å²) in [5, 5.41) is 19.9. The molecule has 130 valence electrons. The molecule has 4 nitrogen and oxygen atoms in total. The van der Waals surface area contributed by atoms with E-state index in [1.165, 1.54) is 12.1 Å². The van der Waals surface area contributed by atoms with E-state index in [0.717, 1.165) is 11.1 Å². The van der Waals surface area contributed by atoms with E-state index in [2.05, 4.69) is 0 Å². The van der Waals surface area contributed by atoms with Crippen LogP contribution in [0, 0.1) is 13.8 Å². The highest BCUT2D eigenvalue weighted by molar-refractivity contribution is 6.13. The lowest BCUT2D eigenvalue weighted by Gasteiger charge is -2.07. The normalized spacial score (nSPS) is 10.5. The lowest BCUT2D eigenvalue weighted by Crippen LogP contribution is -2.05. The molecule has 3 aromatic carbocycles. The zero-order valence-corrected chi connectivity index (χ0v) is 14.5. The van der Waals surface area contributed by atoms with Crippen LogP contribution in [0.15, 0.2) is 60.7 Å². The molecule has 2 N–H and O–H groups in total. The molecule has 26 heavy (non-hydrogen) atoms. The number of phenolic OH excluding ortho intramolecular Hbond substituents is 2. The van der Waals surface area contributed by atoms with Crippen molar-refractivity contribution in [3.63, 3.8) is 0 Å². The van der Waals surface area contributed by atoms with E-state index >= 15 is 0 Å². The van der Waals surface area contributed by atoms with Crippen LogP contribution in [0.4, 0.5) is 0 Å². The monoisotopic (exact) mass is 346 g/mol. The zero-order chi connectivity index (χ0) is 18.8. The second kappa shape index (κ2) is 6.84. The van der Waals surface area contributed by atoms with Crippen LogP contribution in [-0.4, -0.2) is 21.8 Å². The second-order valence-corrected chi connectivity index (χ2v) is 6.28. The van der Waals surface area contributed by atoms with Crippen molar-refractivity contribution >= 4 is 11.6 Å². The molecule has 0 unspecified atom stereocenters. The number of hydrogen-bond donors (Lipinski definition) is 2. The quantitative estimate of drug-likeness (QED) is 0.695. The fourth-order valence-electron chi connectivity index (χ4n) is 2.75. The molecular weight excluding hydrogens is 328 g/mol. The van der Waals surface area contributed by atoms with E-state index < -0.39 is 0 Å². The van der Waals surface area contributed by atoms with Gasteiger partial charge in [-0.25, -0.2) is 0 Å². The molecular formula is C22H18O4. The third-order valence-corrected chi connectivity index (χ3v) is 4.20. The Morgan fingerprint density at radius 2 is 0.962 bits per heavy atom. The maximum absolute atomic E-state index is 12.5. The van der Waals surface area contributed by atoms with Crippen molar-refractivity contribution in [1.29, 1.82) is 0 Å². The number of carbonyl (C=O) groups is 2. The molecule has 0 aliphatic carbocycles. The van der Waals surface area contributed by atoms with Gasteiger partial charge in [-0.2, -0.15) is 0 Å². The van der Waals surface area contributed by atoms with Gasteiger partial charge >= 0.3 is 0 Å². The smallest absolute Gasteiger partial charge is 0.196 e. The predicted molar refractivity (Wildman–Crippen MR) is 99.0 cm³/mol. The Balaban J connectivity index is 1.88. The van der Waals surface area contributed by atoms with Gasteiger partial charge in [0.05, 0.1) is 11.1 Å². The van der Waals surface area contributed by atoms with Crippen molar-refractivity contribution in [1.82, 2.24) is 0 Å². The summed E-state index contributed by atoms with van der Waals surface area (Å²) >= 11 is 0. The van der Waals surface area contributed by atoms with Gasteiger partial charge in [-0.05, 0) is 49.2 Å². The Morgan fingerprint density at radius 3 is 1.27 bits per heavy atom. The van der Waals surface area contributed by atoms with Crippen LogP contribution in [0.3, 0.4) is 0 Å². The molecule has 0 atom stereocenters. The van der Waals surface area contributed by atoms with Gasteiger partial charge < -0.3 is 10.2 Å². The molecule has 0 heterocycles. The minimum absolute atomic E-state index is 0.0697. The molecule has 0 aliphatic heterocycles. The molecule has 3 aromatic rings. The van der Waals surface area contributed by atoms with Crippen molar-refractivity contribution in [3.05, 3.63) is 94.0 Å². The van der Waals surface area contributed by atoms with Crippen molar-refractivity contribution in [2.24, 2.45) is 0 Å². The summed E-state index contributed by atoms with van der Waals surface area (Å²) < 4.78 is 0. The molecule has 0 amide bonds. The van der Waals surface area contributed by atoms with Gasteiger partial charge in [-0.3, -0.25) is 9.59 Å². The average molecular weight is 346 g/mol. The number of hydrogen-bond acceptors (Lipinski definition) is 4. The van der Waals surface area contributed by atoms with Crippen LogP contribution in [0.25, 0.3) is 0 Å². The van der Waals surface area contributed by atoms with Gasteiger partial charge in [-0.1, -0.05) is 36.4 Å². The van der Waals surface area contributed by atoms with Gasteiger partial charge in [0.2, 0.25) is 0 Å². The van der Waals surface area contributed by atoms with E-state index in [-0.39, 0.29) is 34.2 Å². The molecule has 0 aliphatic rings. The predicted octanol–water partition coefficient (Wildman–Crippen LogP) is 4.18. The van der Waals surface area contributed by atoms with Crippen molar-refractivity contribution in [2.75, 3.05) is 0 Å². The average Bonchev–Trinajstić information content (AvgIpc) is 2.61. The van der Waals surface area contributed by atoms with Crippen molar-refractivity contribution < 1.29 is 19.8 Å². The molecule has 0 saturated heterocycles. The van der Waals surface area contributed by atoms with E-state index in [0.29, 0.717) is 11.1 Å². The number of phenols is 2. The van der Waals surface area contributed by atoms with Crippen LogP contribution in [0.2, 0.25) is 0 Å². The van der Waals surface area contributed by atoms with E-state index in [1.807, 2.05) is 13.8 Å². The van der Waals surface area contributed by atoms with Crippen LogP contribution < -0.4 is 0 Å². The number of rotatable bonds is 4. The highest BCUT2D eigenvalue weighted by Crippen LogP contribution is 2.24. The maximum atomic E-state index is 12.5. The van der Waals surface area contributed by atoms with Crippen molar-refractivity contribution in [3.8, 4) is 11.5 Å². The first kappa shape index (κ1) is 17.4. The Morgan fingerprint density at radius 1 is 0.615 bits per heavy atom. The molecule has 4 heteroatoms. The van der Waals surface area contributed by atoms with Gasteiger partial charge in [0.1, 0.15) is 11.5 Å². The number of aryl methyl sites for hydroxylation is 2. The van der Waals surface area contributed by atoms with E-state index in [1.54, 1.807) is 48.5 Å². The highest BCUT2D eigenvalue weighted by atomic mass is 16.3. The zero-order valence-electron chi connectivity index (χ0n) is 14.5. The first-order chi connectivity index (χ1) is 12.4. The van der Waals surface area contributed by atoms with Crippen LogP contribution in [0.5, 0.6) is 11.5 Å². The summed E-state index contributed by atoms with van der Waals surface area (Å²) in [5.74, 6) is -0.779. The number of benzene rings is 3. The second-order valence-electron chi connectivity index (χ2n) is 6.28. The van der Waals surface area contributed by atoms with Crippen LogP contribution in [-0.2, 0) is 0 Å². The Hall–Kier alpha value is -3.40. The number of aromatic hydroxyl groups is 2. The Kier molecular flexibility index (Phi) is 4.59. The van der Waals surface area contributed by atoms with Crippen LogP contribution >= 0.6 is 0 Å². The molecule has 3 rings (SSSR count). The fraction of sp³-hybridized carbons (Fsp3) is 0.0909. The standard InChI is InChI=1S/C22H18O4/c1-13-3-9-17(19(23)11-13)21(25)15-5-7-16(8-6-15)22(26)18-10-4-14(2)12-20(18)24/h3-12,23-24H,1-2H3. The summed E-state index contributed by atoms with van der Waals surface area (Å²) in [4.78, 5) is 25.1. The van der Waals surface area contributed by atoms with Crippen molar-refractivity contribution in [2.45, 2.75) is 13.8 Å². The molecule has 0 bridgehead atoms. The maximum Gasteiger partial charge on any atom is 0.196 e. The topological polar surface area (TPSA) is 74.6 Å². The largest absolute Gasteiger partial charge is 0.507 e. The Bertz CT molecular complexity index is 919. The number of ketones is 2. The first-order valence-corrected chi connectivity index (χ1v) is 8.15. The summed E-state index contributed by atoms with van der Waals surface area (Å²) in [7, 11) is 0. The Labute approximate surface area is 151 Å². The molecule has 0 radical (unpaired) electrons. The van der Waals surface area contributed by atoms with Gasteiger partial charge in [0.25, 0.3) is 0 Å². The van der Waals surface area contributed by atoms with Crippen LogP contribution in [0.1, 0.15) is 43.0 Å². The third kappa shape index (κ3) is 3.35. The van der Waals surface area contributed by atoms with E-state index in [9.17, 15) is 19.8 Å². The highest BCUT2D eigenvalue weighted by Gasteiger charge is 2.16. The lowest BCUT2D eigenvalue weighted by atomic mass is 9.97.